The minimum absolute atomic E-state index is 0.203. The highest BCUT2D eigenvalue weighted by molar-refractivity contribution is 5.70. The molecule has 2 aromatic rings. The molecule has 2 heterocycles. The number of likely N-dealkylation sites (tertiary alicyclic amines) is 1. The van der Waals surface area contributed by atoms with Crippen LogP contribution in [0.4, 0.5) is 9.18 Å². The number of nitrogens with zero attached hydrogens (tertiary/aromatic N) is 2. The van der Waals surface area contributed by atoms with E-state index in [9.17, 15) is 9.18 Å². The van der Waals surface area contributed by atoms with Gasteiger partial charge in [0.2, 0.25) is 0 Å². The maximum absolute atomic E-state index is 13.1. The quantitative estimate of drug-likeness (QED) is 0.811. The molecule has 5 heteroatoms. The summed E-state index contributed by atoms with van der Waals surface area (Å²) in [4.78, 5) is 16.6. The largest absolute Gasteiger partial charge is 0.441 e. The van der Waals surface area contributed by atoms with Gasteiger partial charge in [0.05, 0.1) is 6.54 Å². The molecule has 1 amide bonds. The predicted molar refractivity (Wildman–Crippen MR) is 102 cm³/mol. The molecule has 0 saturated carbocycles. The average Bonchev–Trinajstić information content (AvgIpc) is 2.84. The first-order valence-corrected chi connectivity index (χ1v) is 9.61. The lowest BCUT2D eigenvalue weighted by Crippen LogP contribution is -2.35. The third-order valence-electron chi connectivity index (χ3n) is 5.57. The molecule has 2 aliphatic rings. The van der Waals surface area contributed by atoms with Gasteiger partial charge in [0.25, 0.3) is 0 Å². The van der Waals surface area contributed by atoms with Crippen molar-refractivity contribution in [2.45, 2.75) is 38.0 Å². The lowest BCUT2D eigenvalue weighted by Gasteiger charge is -2.25. The molecular formula is C22H25FN2O2. The summed E-state index contributed by atoms with van der Waals surface area (Å²) < 4.78 is 19.0. The van der Waals surface area contributed by atoms with Crippen LogP contribution >= 0.6 is 0 Å². The van der Waals surface area contributed by atoms with Crippen molar-refractivity contribution < 1.29 is 13.9 Å². The number of carbonyl (C=O) groups excluding carboxylic acids is 1. The first kappa shape index (κ1) is 18.0. The van der Waals surface area contributed by atoms with Crippen LogP contribution in [-0.2, 0) is 17.8 Å². The van der Waals surface area contributed by atoms with Crippen molar-refractivity contribution in [3.63, 3.8) is 0 Å². The van der Waals surface area contributed by atoms with Crippen molar-refractivity contribution in [2.75, 3.05) is 19.6 Å². The molecule has 2 aliphatic heterocycles. The topological polar surface area (TPSA) is 32.8 Å². The highest BCUT2D eigenvalue weighted by Crippen LogP contribution is 2.34. The summed E-state index contributed by atoms with van der Waals surface area (Å²) in [6.07, 6.45) is 2.52. The number of halogens is 1. The van der Waals surface area contributed by atoms with Gasteiger partial charge in [0.1, 0.15) is 11.4 Å². The number of hydrogen-bond acceptors (Lipinski definition) is 3. The Balaban J connectivity index is 1.37. The zero-order valence-corrected chi connectivity index (χ0v) is 15.4. The fourth-order valence-electron chi connectivity index (χ4n) is 4.11. The fraction of sp³-hybridized carbons (Fsp3) is 0.409. The Morgan fingerprint density at radius 1 is 0.926 bits per heavy atom. The normalized spacial score (nSPS) is 23.4. The highest BCUT2D eigenvalue weighted by Gasteiger charge is 2.45. The van der Waals surface area contributed by atoms with E-state index >= 15 is 0 Å². The van der Waals surface area contributed by atoms with Crippen molar-refractivity contribution in [2.24, 2.45) is 0 Å². The van der Waals surface area contributed by atoms with Gasteiger partial charge in [0, 0.05) is 26.1 Å². The van der Waals surface area contributed by atoms with Crippen LogP contribution < -0.4 is 0 Å². The van der Waals surface area contributed by atoms with E-state index in [0.29, 0.717) is 13.1 Å². The molecular weight excluding hydrogens is 343 g/mol. The zero-order chi connectivity index (χ0) is 18.7. The summed E-state index contributed by atoms with van der Waals surface area (Å²) >= 11 is 0. The monoisotopic (exact) mass is 368 g/mol. The number of amides is 1. The molecule has 0 unspecified atom stereocenters. The van der Waals surface area contributed by atoms with Crippen LogP contribution in [-0.4, -0.2) is 41.1 Å². The van der Waals surface area contributed by atoms with E-state index in [0.717, 1.165) is 50.0 Å². The van der Waals surface area contributed by atoms with Crippen molar-refractivity contribution in [1.82, 2.24) is 9.80 Å². The number of rotatable bonds is 4. The highest BCUT2D eigenvalue weighted by atomic mass is 19.1. The van der Waals surface area contributed by atoms with E-state index < -0.39 is 0 Å². The Morgan fingerprint density at radius 2 is 1.67 bits per heavy atom. The molecule has 2 fully saturated rings. The van der Waals surface area contributed by atoms with Gasteiger partial charge >= 0.3 is 6.09 Å². The molecule has 0 bridgehead atoms. The van der Waals surface area contributed by atoms with E-state index in [1.807, 2.05) is 47.4 Å². The molecule has 2 aromatic carbocycles. The number of carbonyl (C=O) groups is 1. The first-order valence-electron chi connectivity index (χ1n) is 9.61. The second-order valence-electron chi connectivity index (χ2n) is 7.65. The van der Waals surface area contributed by atoms with Crippen LogP contribution in [0, 0.1) is 5.82 Å². The number of hydrogen-bond donors (Lipinski definition) is 0. The van der Waals surface area contributed by atoms with Crippen molar-refractivity contribution >= 4 is 6.09 Å². The van der Waals surface area contributed by atoms with E-state index in [-0.39, 0.29) is 17.5 Å². The van der Waals surface area contributed by atoms with Crippen LogP contribution in [0.5, 0.6) is 0 Å². The molecule has 2 saturated heterocycles. The smallest absolute Gasteiger partial charge is 0.410 e. The van der Waals surface area contributed by atoms with Crippen molar-refractivity contribution in [3.05, 3.63) is 71.5 Å². The molecule has 0 N–H and O–H groups in total. The maximum atomic E-state index is 13.1. The predicted octanol–water partition coefficient (Wildman–Crippen LogP) is 4.20. The summed E-state index contributed by atoms with van der Waals surface area (Å²) in [6, 6.07) is 16.7. The third-order valence-corrected chi connectivity index (χ3v) is 5.57. The standard InChI is InChI=1S/C22H25FN2O2/c23-20-9-7-19(8-10-20)15-24-13-4-11-22(12-14-24)17-25(21(26)27-22)16-18-5-2-1-3-6-18/h1-3,5-10H,4,11-17H2/t22-/m0/s1. The Morgan fingerprint density at radius 3 is 2.44 bits per heavy atom. The van der Waals surface area contributed by atoms with Gasteiger partial charge in [-0.2, -0.15) is 0 Å². The van der Waals surface area contributed by atoms with Gasteiger partial charge in [-0.05, 0) is 42.6 Å². The van der Waals surface area contributed by atoms with Gasteiger partial charge < -0.3 is 4.74 Å². The van der Waals surface area contributed by atoms with Gasteiger partial charge in [-0.25, -0.2) is 9.18 Å². The molecule has 0 aliphatic carbocycles. The first-order chi connectivity index (χ1) is 13.1. The Bertz CT molecular complexity index is 781. The van der Waals surface area contributed by atoms with Gasteiger partial charge in [-0.15, -0.1) is 0 Å². The van der Waals surface area contributed by atoms with Crippen molar-refractivity contribution in [1.29, 1.82) is 0 Å². The van der Waals surface area contributed by atoms with Crippen LogP contribution in [0.15, 0.2) is 54.6 Å². The minimum Gasteiger partial charge on any atom is -0.441 e. The van der Waals surface area contributed by atoms with Crippen LogP contribution in [0.3, 0.4) is 0 Å². The Hall–Kier alpha value is -2.40. The van der Waals surface area contributed by atoms with Crippen LogP contribution in [0.2, 0.25) is 0 Å². The summed E-state index contributed by atoms with van der Waals surface area (Å²) in [5.41, 5.74) is 1.86. The fourth-order valence-corrected chi connectivity index (χ4v) is 4.11. The summed E-state index contributed by atoms with van der Waals surface area (Å²) in [5, 5.41) is 0. The second kappa shape index (κ2) is 7.69. The summed E-state index contributed by atoms with van der Waals surface area (Å²) in [5.74, 6) is -0.204. The SMILES string of the molecule is O=C1O[C@]2(CCCN(Cc3ccc(F)cc3)CC2)CN1Cc1ccccc1. The van der Waals surface area contributed by atoms with Gasteiger partial charge in [-0.1, -0.05) is 42.5 Å². The van der Waals surface area contributed by atoms with E-state index in [1.54, 1.807) is 0 Å². The lowest BCUT2D eigenvalue weighted by atomic mass is 9.95. The summed E-state index contributed by atoms with van der Waals surface area (Å²) in [6.45, 7) is 3.91. The Kier molecular flexibility index (Phi) is 5.12. The molecule has 142 valence electrons. The molecule has 1 spiro atoms. The van der Waals surface area contributed by atoms with E-state index in [4.69, 9.17) is 4.74 Å². The molecule has 1 atom stereocenters. The molecule has 0 radical (unpaired) electrons. The van der Waals surface area contributed by atoms with Gasteiger partial charge in [0.15, 0.2) is 0 Å². The summed E-state index contributed by atoms with van der Waals surface area (Å²) in [7, 11) is 0. The van der Waals surface area contributed by atoms with Crippen LogP contribution in [0.1, 0.15) is 30.4 Å². The minimum atomic E-state index is -0.372. The lowest BCUT2D eigenvalue weighted by molar-refractivity contribution is 0.0443. The van der Waals surface area contributed by atoms with Crippen molar-refractivity contribution in [3.8, 4) is 0 Å². The van der Waals surface area contributed by atoms with E-state index in [1.165, 1.54) is 12.1 Å². The number of benzene rings is 2. The number of ether oxygens (including phenoxy) is 1. The van der Waals surface area contributed by atoms with E-state index in [2.05, 4.69) is 4.90 Å². The molecule has 4 nitrogen and oxygen atoms in total. The molecule has 27 heavy (non-hydrogen) atoms. The molecule has 0 aromatic heterocycles. The second-order valence-corrected chi connectivity index (χ2v) is 7.65. The van der Waals surface area contributed by atoms with Crippen LogP contribution in [0.25, 0.3) is 0 Å². The molecule has 4 rings (SSSR count). The third kappa shape index (κ3) is 4.30. The maximum Gasteiger partial charge on any atom is 0.410 e. The van der Waals surface area contributed by atoms with Gasteiger partial charge in [-0.3, -0.25) is 9.80 Å². The average molecular weight is 368 g/mol. The Labute approximate surface area is 159 Å². The zero-order valence-electron chi connectivity index (χ0n) is 15.4.